The van der Waals surface area contributed by atoms with Gasteiger partial charge < -0.3 is 15.1 Å². The van der Waals surface area contributed by atoms with Crippen LogP contribution in [0.4, 0.5) is 10.8 Å². The summed E-state index contributed by atoms with van der Waals surface area (Å²) in [6, 6.07) is 9.77. The first kappa shape index (κ1) is 16.6. The number of piperidine rings is 2. The van der Waals surface area contributed by atoms with E-state index in [9.17, 15) is 0 Å². The van der Waals surface area contributed by atoms with Crippen LogP contribution >= 0.6 is 11.3 Å². The number of rotatable bonds is 2. The molecule has 0 saturated carbocycles. The first-order chi connectivity index (χ1) is 12.8. The van der Waals surface area contributed by atoms with E-state index in [1.807, 2.05) is 6.20 Å². The Kier molecular flexibility index (Phi) is 4.37. The molecule has 0 unspecified atom stereocenters. The number of nitrogens with one attached hydrogen (secondary N) is 1. The van der Waals surface area contributed by atoms with Crippen LogP contribution in [0.5, 0.6) is 0 Å². The van der Waals surface area contributed by atoms with E-state index < -0.39 is 0 Å². The number of anilines is 2. The summed E-state index contributed by atoms with van der Waals surface area (Å²) in [4.78, 5) is 9.74. The Labute approximate surface area is 160 Å². The number of benzene rings is 1. The summed E-state index contributed by atoms with van der Waals surface area (Å²) in [6.07, 6.45) is 8.42. The van der Waals surface area contributed by atoms with E-state index in [-0.39, 0.29) is 0 Å². The zero-order valence-electron chi connectivity index (χ0n) is 15.4. The second-order valence-corrected chi connectivity index (χ2v) is 8.94. The van der Waals surface area contributed by atoms with Crippen LogP contribution in [0.2, 0.25) is 0 Å². The molecule has 3 aliphatic heterocycles. The van der Waals surface area contributed by atoms with Gasteiger partial charge in [0.1, 0.15) is 0 Å². The molecule has 2 aromatic rings. The van der Waals surface area contributed by atoms with Crippen molar-refractivity contribution in [2.45, 2.75) is 43.6 Å². The van der Waals surface area contributed by atoms with Gasteiger partial charge in [-0.2, -0.15) is 0 Å². The molecule has 1 spiro atoms. The number of aromatic nitrogens is 1. The molecule has 3 aliphatic rings. The van der Waals surface area contributed by atoms with Crippen LogP contribution in [-0.2, 0) is 5.41 Å². The van der Waals surface area contributed by atoms with Gasteiger partial charge in [-0.3, -0.25) is 0 Å². The van der Waals surface area contributed by atoms with E-state index in [1.165, 1.54) is 56.0 Å². The highest BCUT2D eigenvalue weighted by Crippen LogP contribution is 2.45. The zero-order valence-corrected chi connectivity index (χ0v) is 16.2. The van der Waals surface area contributed by atoms with Gasteiger partial charge in [-0.25, -0.2) is 4.98 Å². The number of hydrogen-bond acceptors (Lipinski definition) is 5. The monoisotopic (exact) mass is 368 g/mol. The van der Waals surface area contributed by atoms with Crippen molar-refractivity contribution < 1.29 is 0 Å². The molecule has 1 aromatic carbocycles. The number of thiazole rings is 1. The van der Waals surface area contributed by atoms with Gasteiger partial charge in [0.05, 0.1) is 0 Å². The van der Waals surface area contributed by atoms with Crippen molar-refractivity contribution in [1.29, 1.82) is 0 Å². The maximum Gasteiger partial charge on any atom is 0.185 e. The zero-order chi connectivity index (χ0) is 17.4. The van der Waals surface area contributed by atoms with E-state index >= 15 is 0 Å². The highest BCUT2D eigenvalue weighted by Gasteiger charge is 2.40. The molecule has 5 rings (SSSR count). The first-order valence-corrected chi connectivity index (χ1v) is 10.9. The van der Waals surface area contributed by atoms with E-state index in [0.29, 0.717) is 5.41 Å². The fraction of sp³-hybridized carbons (Fsp3) is 0.571. The molecule has 0 radical (unpaired) electrons. The van der Waals surface area contributed by atoms with Gasteiger partial charge >= 0.3 is 0 Å². The van der Waals surface area contributed by atoms with Gasteiger partial charge in [-0.1, -0.05) is 18.2 Å². The Bertz CT molecular complexity index is 728. The Balaban J connectivity index is 1.22. The number of hydrogen-bond donors (Lipinski definition) is 1. The van der Waals surface area contributed by atoms with Crippen molar-refractivity contribution in [3.05, 3.63) is 41.4 Å². The minimum Gasteiger partial charge on any atom is -0.385 e. The highest BCUT2D eigenvalue weighted by atomic mass is 32.1. The molecule has 0 atom stereocenters. The Hall–Kier alpha value is -1.59. The Morgan fingerprint density at radius 1 is 1.04 bits per heavy atom. The van der Waals surface area contributed by atoms with Crippen LogP contribution in [0, 0.1) is 0 Å². The summed E-state index contributed by atoms with van der Waals surface area (Å²) in [5.74, 6) is 0. The van der Waals surface area contributed by atoms with Crippen LogP contribution in [0.25, 0.3) is 0 Å². The predicted molar refractivity (Wildman–Crippen MR) is 109 cm³/mol. The number of likely N-dealkylation sites (tertiary alicyclic amines) is 1. The molecule has 1 aromatic heterocycles. The second-order valence-electron chi connectivity index (χ2n) is 8.07. The van der Waals surface area contributed by atoms with E-state index in [1.54, 1.807) is 16.9 Å². The van der Waals surface area contributed by atoms with Crippen molar-refractivity contribution in [1.82, 2.24) is 9.88 Å². The molecule has 0 bridgehead atoms. The standard InChI is InChI=1S/C21H28N4S/c1-2-4-19-18(3-1)21(7-10-22-19)8-14-24(15-9-21)17-5-12-25(13-6-17)20-23-11-16-26-20/h1-4,11,16-17,22H,5-10,12-15H2. The predicted octanol–water partition coefficient (Wildman–Crippen LogP) is 3.96. The van der Waals surface area contributed by atoms with Crippen LogP contribution < -0.4 is 10.2 Å². The SMILES string of the molecule is c1ccc2c(c1)NCCC21CCN(C2CCN(c3nccs3)CC2)CC1. The molecule has 0 amide bonds. The summed E-state index contributed by atoms with van der Waals surface area (Å²) in [7, 11) is 0. The van der Waals surface area contributed by atoms with Crippen molar-refractivity contribution >= 4 is 22.2 Å². The van der Waals surface area contributed by atoms with Gasteiger partial charge in [0.15, 0.2) is 5.13 Å². The third-order valence-electron chi connectivity index (χ3n) is 6.84. The van der Waals surface area contributed by atoms with E-state index in [2.05, 4.69) is 49.7 Å². The molecular formula is C21H28N4S. The van der Waals surface area contributed by atoms with E-state index in [0.717, 1.165) is 25.7 Å². The molecule has 0 aliphatic carbocycles. The average Bonchev–Trinajstić information content (AvgIpc) is 3.24. The lowest BCUT2D eigenvalue weighted by molar-refractivity contribution is 0.0960. The molecule has 2 fully saturated rings. The van der Waals surface area contributed by atoms with Crippen molar-refractivity contribution in [3.63, 3.8) is 0 Å². The summed E-state index contributed by atoms with van der Waals surface area (Å²) in [5, 5.41) is 6.89. The van der Waals surface area contributed by atoms with Crippen molar-refractivity contribution in [2.75, 3.05) is 42.9 Å². The van der Waals surface area contributed by atoms with Crippen LogP contribution in [-0.4, -0.2) is 48.6 Å². The highest BCUT2D eigenvalue weighted by molar-refractivity contribution is 7.13. The minimum absolute atomic E-state index is 0.417. The lowest BCUT2D eigenvalue weighted by Gasteiger charge is -2.48. The average molecular weight is 369 g/mol. The summed E-state index contributed by atoms with van der Waals surface area (Å²) < 4.78 is 0. The van der Waals surface area contributed by atoms with Gasteiger partial charge in [0, 0.05) is 48.4 Å². The normalized spacial score (nSPS) is 23.6. The number of para-hydroxylation sites is 1. The van der Waals surface area contributed by atoms with Crippen LogP contribution in [0.1, 0.15) is 37.7 Å². The lowest BCUT2D eigenvalue weighted by Crippen LogP contribution is -2.51. The molecule has 1 N–H and O–H groups in total. The quantitative estimate of drug-likeness (QED) is 0.869. The summed E-state index contributed by atoms with van der Waals surface area (Å²) >= 11 is 1.77. The fourth-order valence-electron chi connectivity index (χ4n) is 5.30. The summed E-state index contributed by atoms with van der Waals surface area (Å²) in [5.41, 5.74) is 3.37. The fourth-order valence-corrected chi connectivity index (χ4v) is 6.00. The van der Waals surface area contributed by atoms with Crippen LogP contribution in [0.15, 0.2) is 35.8 Å². The van der Waals surface area contributed by atoms with E-state index in [4.69, 9.17) is 0 Å². The third kappa shape index (κ3) is 2.91. The summed E-state index contributed by atoms with van der Waals surface area (Å²) in [6.45, 7) is 5.97. The second kappa shape index (κ2) is 6.86. The molecule has 5 heteroatoms. The molecule has 4 heterocycles. The minimum atomic E-state index is 0.417. The number of nitrogens with zero attached hydrogens (tertiary/aromatic N) is 3. The molecule has 4 nitrogen and oxygen atoms in total. The number of fused-ring (bicyclic) bond motifs is 2. The van der Waals surface area contributed by atoms with Gasteiger partial charge in [-0.05, 0) is 56.8 Å². The van der Waals surface area contributed by atoms with Gasteiger partial charge in [-0.15, -0.1) is 11.3 Å². The molecule has 2 saturated heterocycles. The largest absolute Gasteiger partial charge is 0.385 e. The lowest BCUT2D eigenvalue weighted by atomic mass is 9.68. The van der Waals surface area contributed by atoms with Gasteiger partial charge in [0.2, 0.25) is 0 Å². The first-order valence-electron chi connectivity index (χ1n) is 10.1. The molecule has 138 valence electrons. The third-order valence-corrected chi connectivity index (χ3v) is 7.68. The Morgan fingerprint density at radius 2 is 1.85 bits per heavy atom. The van der Waals surface area contributed by atoms with Gasteiger partial charge in [0.25, 0.3) is 0 Å². The molecule has 26 heavy (non-hydrogen) atoms. The van der Waals surface area contributed by atoms with Crippen molar-refractivity contribution in [2.24, 2.45) is 0 Å². The maximum atomic E-state index is 4.48. The molecular weight excluding hydrogens is 340 g/mol. The smallest absolute Gasteiger partial charge is 0.185 e. The Morgan fingerprint density at radius 3 is 2.62 bits per heavy atom. The van der Waals surface area contributed by atoms with Crippen molar-refractivity contribution in [3.8, 4) is 0 Å². The topological polar surface area (TPSA) is 31.4 Å². The maximum absolute atomic E-state index is 4.48. The van der Waals surface area contributed by atoms with Crippen LogP contribution in [0.3, 0.4) is 0 Å².